The van der Waals surface area contributed by atoms with Gasteiger partial charge in [-0.25, -0.2) is 0 Å². The van der Waals surface area contributed by atoms with Gasteiger partial charge >= 0.3 is 0 Å². The molecular formula is C22H25N3OS. The molecule has 0 saturated carbocycles. The van der Waals surface area contributed by atoms with Crippen LogP contribution in [-0.4, -0.2) is 46.9 Å². The van der Waals surface area contributed by atoms with Crippen molar-refractivity contribution >= 4 is 28.1 Å². The zero-order valence-corrected chi connectivity index (χ0v) is 16.8. The van der Waals surface area contributed by atoms with Crippen molar-refractivity contribution in [1.29, 1.82) is 0 Å². The summed E-state index contributed by atoms with van der Waals surface area (Å²) in [6.07, 6.45) is 1.01. The second kappa shape index (κ2) is 7.79. The number of aryl methyl sites for hydroxylation is 2. The number of carbonyl (C=O) groups excluding carboxylic acids is 1. The van der Waals surface area contributed by atoms with Crippen molar-refractivity contribution in [2.24, 2.45) is 0 Å². The Morgan fingerprint density at radius 3 is 2.81 bits per heavy atom. The Hall–Kier alpha value is -2.24. The Balaban J connectivity index is 1.54. The molecule has 4 rings (SSSR count). The summed E-state index contributed by atoms with van der Waals surface area (Å²) in [7, 11) is 0. The molecule has 0 spiro atoms. The molecule has 0 bridgehead atoms. The van der Waals surface area contributed by atoms with Gasteiger partial charge in [0, 0.05) is 48.7 Å². The standard InChI is InChI=1S/C22H25N3OS/c1-16-6-7-21-19(13-16)20(14-17(2)23-21)22(26)25-9-4-8-24(10-11-25)15-18-5-3-12-27-18/h3,5-7,12-14H,4,8-11,15H2,1-2H3. The van der Waals surface area contributed by atoms with Crippen LogP contribution in [0.25, 0.3) is 10.9 Å². The molecule has 1 aliphatic rings. The summed E-state index contributed by atoms with van der Waals surface area (Å²) in [6, 6.07) is 12.4. The first-order valence-electron chi connectivity index (χ1n) is 9.52. The molecule has 1 aromatic carbocycles. The summed E-state index contributed by atoms with van der Waals surface area (Å²) in [5, 5.41) is 3.09. The van der Waals surface area contributed by atoms with Crippen LogP contribution in [0.15, 0.2) is 41.8 Å². The molecule has 4 nitrogen and oxygen atoms in total. The van der Waals surface area contributed by atoms with Gasteiger partial charge in [-0.15, -0.1) is 11.3 Å². The number of aromatic nitrogens is 1. The van der Waals surface area contributed by atoms with Crippen LogP contribution in [-0.2, 0) is 6.54 Å². The van der Waals surface area contributed by atoms with Crippen LogP contribution < -0.4 is 0 Å². The molecule has 1 aliphatic heterocycles. The molecule has 140 valence electrons. The molecule has 27 heavy (non-hydrogen) atoms. The minimum Gasteiger partial charge on any atom is -0.337 e. The Morgan fingerprint density at radius 2 is 2.00 bits per heavy atom. The van der Waals surface area contributed by atoms with Gasteiger partial charge in [-0.05, 0) is 49.9 Å². The Morgan fingerprint density at radius 1 is 1.11 bits per heavy atom. The molecule has 2 aromatic heterocycles. The number of hydrogen-bond acceptors (Lipinski definition) is 4. The molecule has 0 N–H and O–H groups in total. The molecule has 1 fully saturated rings. The highest BCUT2D eigenvalue weighted by molar-refractivity contribution is 7.09. The van der Waals surface area contributed by atoms with E-state index in [-0.39, 0.29) is 5.91 Å². The summed E-state index contributed by atoms with van der Waals surface area (Å²) in [5.74, 6) is 0.133. The molecular weight excluding hydrogens is 354 g/mol. The van der Waals surface area contributed by atoms with Crippen molar-refractivity contribution in [2.75, 3.05) is 26.2 Å². The lowest BCUT2D eigenvalue weighted by molar-refractivity contribution is 0.0763. The van der Waals surface area contributed by atoms with E-state index in [1.54, 1.807) is 11.3 Å². The van der Waals surface area contributed by atoms with Gasteiger partial charge in [-0.2, -0.15) is 0 Å². The number of fused-ring (bicyclic) bond motifs is 1. The SMILES string of the molecule is Cc1ccc2nc(C)cc(C(=O)N3CCCN(Cc4cccs4)CC3)c2c1. The van der Waals surface area contributed by atoms with Crippen LogP contribution in [0.1, 0.15) is 32.9 Å². The van der Waals surface area contributed by atoms with E-state index in [1.807, 2.05) is 24.0 Å². The first-order valence-corrected chi connectivity index (χ1v) is 10.4. The maximum Gasteiger partial charge on any atom is 0.254 e. The number of hydrogen-bond donors (Lipinski definition) is 0. The highest BCUT2D eigenvalue weighted by atomic mass is 32.1. The second-order valence-electron chi connectivity index (χ2n) is 7.33. The van der Waals surface area contributed by atoms with Crippen LogP contribution in [0.5, 0.6) is 0 Å². The Labute approximate surface area is 164 Å². The first kappa shape index (κ1) is 18.1. The van der Waals surface area contributed by atoms with Crippen LogP contribution in [0.3, 0.4) is 0 Å². The number of rotatable bonds is 3. The number of nitrogens with zero attached hydrogens (tertiary/aromatic N) is 3. The van der Waals surface area contributed by atoms with Gasteiger partial charge in [-0.3, -0.25) is 14.7 Å². The summed E-state index contributed by atoms with van der Waals surface area (Å²) in [4.78, 5) is 23.8. The van der Waals surface area contributed by atoms with E-state index in [0.717, 1.165) is 66.9 Å². The fourth-order valence-corrected chi connectivity index (χ4v) is 4.52. The number of carbonyl (C=O) groups is 1. The third kappa shape index (κ3) is 4.04. The first-order chi connectivity index (χ1) is 13.1. The van der Waals surface area contributed by atoms with Gasteiger partial charge < -0.3 is 4.90 Å². The number of amides is 1. The molecule has 0 atom stereocenters. The minimum absolute atomic E-state index is 0.133. The summed E-state index contributed by atoms with van der Waals surface area (Å²) in [6.45, 7) is 8.55. The summed E-state index contributed by atoms with van der Waals surface area (Å²) >= 11 is 1.80. The molecule has 5 heteroatoms. The van der Waals surface area contributed by atoms with Crippen molar-refractivity contribution in [3.05, 3.63) is 63.5 Å². The number of thiophene rings is 1. The lowest BCUT2D eigenvalue weighted by Crippen LogP contribution is -2.35. The van der Waals surface area contributed by atoms with Crippen molar-refractivity contribution in [3.63, 3.8) is 0 Å². The normalized spacial score (nSPS) is 15.9. The average Bonchev–Trinajstić information content (AvgIpc) is 3.05. The molecule has 3 heterocycles. The fraction of sp³-hybridized carbons (Fsp3) is 0.364. The van der Waals surface area contributed by atoms with Gasteiger partial charge in [0.2, 0.25) is 0 Å². The number of benzene rings is 1. The maximum absolute atomic E-state index is 13.3. The van der Waals surface area contributed by atoms with Crippen LogP contribution in [0.4, 0.5) is 0 Å². The fourth-order valence-electron chi connectivity index (χ4n) is 3.77. The van der Waals surface area contributed by atoms with Crippen molar-refractivity contribution in [3.8, 4) is 0 Å². The van der Waals surface area contributed by atoms with Crippen molar-refractivity contribution < 1.29 is 4.79 Å². The molecule has 1 saturated heterocycles. The van der Waals surface area contributed by atoms with E-state index in [2.05, 4.69) is 46.5 Å². The minimum atomic E-state index is 0.133. The van der Waals surface area contributed by atoms with Crippen molar-refractivity contribution in [2.45, 2.75) is 26.8 Å². The monoisotopic (exact) mass is 379 g/mol. The van der Waals surface area contributed by atoms with Crippen molar-refractivity contribution in [1.82, 2.24) is 14.8 Å². The predicted octanol–water partition coefficient (Wildman–Crippen LogP) is 4.26. The van der Waals surface area contributed by atoms with Crippen LogP contribution in [0, 0.1) is 13.8 Å². The second-order valence-corrected chi connectivity index (χ2v) is 8.37. The predicted molar refractivity (Wildman–Crippen MR) is 111 cm³/mol. The van der Waals surface area contributed by atoms with Gasteiger partial charge in [0.05, 0.1) is 11.1 Å². The van der Waals surface area contributed by atoms with E-state index in [9.17, 15) is 4.79 Å². The van der Waals surface area contributed by atoms with Crippen LogP contribution in [0.2, 0.25) is 0 Å². The highest BCUT2D eigenvalue weighted by Gasteiger charge is 2.22. The van der Waals surface area contributed by atoms with E-state index in [4.69, 9.17) is 0 Å². The third-order valence-corrected chi connectivity index (χ3v) is 6.02. The highest BCUT2D eigenvalue weighted by Crippen LogP contribution is 2.22. The molecule has 0 aliphatic carbocycles. The lowest BCUT2D eigenvalue weighted by atomic mass is 10.0. The zero-order chi connectivity index (χ0) is 18.8. The molecule has 3 aromatic rings. The number of pyridine rings is 1. The quantitative estimate of drug-likeness (QED) is 0.682. The van der Waals surface area contributed by atoms with Gasteiger partial charge in [0.25, 0.3) is 5.91 Å². The molecule has 0 radical (unpaired) electrons. The molecule has 1 amide bonds. The smallest absolute Gasteiger partial charge is 0.254 e. The van der Waals surface area contributed by atoms with Gasteiger partial charge in [-0.1, -0.05) is 17.7 Å². The third-order valence-electron chi connectivity index (χ3n) is 5.16. The van der Waals surface area contributed by atoms with E-state index < -0.39 is 0 Å². The Bertz CT molecular complexity index is 952. The topological polar surface area (TPSA) is 36.4 Å². The lowest BCUT2D eigenvalue weighted by Gasteiger charge is -2.22. The Kier molecular flexibility index (Phi) is 5.23. The summed E-state index contributed by atoms with van der Waals surface area (Å²) in [5.41, 5.74) is 3.73. The summed E-state index contributed by atoms with van der Waals surface area (Å²) < 4.78 is 0. The maximum atomic E-state index is 13.3. The largest absolute Gasteiger partial charge is 0.337 e. The van der Waals surface area contributed by atoms with E-state index in [0.29, 0.717) is 0 Å². The average molecular weight is 380 g/mol. The van der Waals surface area contributed by atoms with E-state index in [1.165, 1.54) is 4.88 Å². The van der Waals surface area contributed by atoms with E-state index >= 15 is 0 Å². The van der Waals surface area contributed by atoms with Crippen LogP contribution >= 0.6 is 11.3 Å². The van der Waals surface area contributed by atoms with Gasteiger partial charge in [0.15, 0.2) is 0 Å². The zero-order valence-electron chi connectivity index (χ0n) is 15.9. The molecule has 0 unspecified atom stereocenters. The van der Waals surface area contributed by atoms with Gasteiger partial charge in [0.1, 0.15) is 0 Å².